The summed E-state index contributed by atoms with van der Waals surface area (Å²) in [4.78, 5) is 12.2. The van der Waals surface area contributed by atoms with Crippen molar-refractivity contribution in [1.82, 2.24) is 0 Å². The van der Waals surface area contributed by atoms with Gasteiger partial charge in [0.25, 0.3) is 0 Å². The van der Waals surface area contributed by atoms with E-state index < -0.39 is 5.54 Å². The Balaban J connectivity index is 1.89. The maximum atomic E-state index is 12.2. The lowest BCUT2D eigenvalue weighted by molar-refractivity contribution is -0.159. The molecule has 2 fully saturated rings. The molecule has 0 spiro atoms. The van der Waals surface area contributed by atoms with Gasteiger partial charge in [0.15, 0.2) is 0 Å². The van der Waals surface area contributed by atoms with Crippen LogP contribution in [-0.2, 0) is 9.53 Å². The van der Waals surface area contributed by atoms with Gasteiger partial charge in [0.05, 0.1) is 0 Å². The zero-order valence-electron chi connectivity index (χ0n) is 10.9. The highest BCUT2D eigenvalue weighted by Crippen LogP contribution is 2.32. The van der Waals surface area contributed by atoms with Crippen molar-refractivity contribution >= 4 is 5.97 Å². The van der Waals surface area contributed by atoms with Crippen molar-refractivity contribution in [3.05, 3.63) is 0 Å². The highest BCUT2D eigenvalue weighted by atomic mass is 16.5. The third kappa shape index (κ3) is 3.21. The molecule has 0 bridgehead atoms. The van der Waals surface area contributed by atoms with Gasteiger partial charge >= 0.3 is 5.97 Å². The van der Waals surface area contributed by atoms with E-state index in [0.717, 1.165) is 32.1 Å². The average molecular weight is 239 g/mol. The van der Waals surface area contributed by atoms with E-state index in [0.29, 0.717) is 5.92 Å². The van der Waals surface area contributed by atoms with Crippen LogP contribution in [0.3, 0.4) is 0 Å². The summed E-state index contributed by atoms with van der Waals surface area (Å²) in [6.07, 6.45) is 9.66. The Bertz CT molecular complexity index is 273. The van der Waals surface area contributed by atoms with E-state index in [1.165, 1.54) is 25.7 Å². The van der Waals surface area contributed by atoms with Gasteiger partial charge in [-0.3, -0.25) is 4.79 Å². The molecular formula is C14H25NO2. The van der Waals surface area contributed by atoms with E-state index in [1.54, 1.807) is 0 Å². The fourth-order valence-electron chi connectivity index (χ4n) is 3.23. The molecule has 2 aliphatic rings. The first kappa shape index (κ1) is 12.9. The van der Waals surface area contributed by atoms with Crippen molar-refractivity contribution in [2.24, 2.45) is 11.7 Å². The molecule has 2 saturated carbocycles. The number of nitrogens with two attached hydrogens (primary N) is 1. The van der Waals surface area contributed by atoms with E-state index in [4.69, 9.17) is 10.5 Å². The van der Waals surface area contributed by atoms with Gasteiger partial charge in [-0.1, -0.05) is 26.2 Å². The molecule has 0 heterocycles. The second-order valence-corrected chi connectivity index (χ2v) is 6.02. The van der Waals surface area contributed by atoms with Gasteiger partial charge in [0.2, 0.25) is 0 Å². The van der Waals surface area contributed by atoms with Crippen molar-refractivity contribution in [1.29, 1.82) is 0 Å². The first-order valence-corrected chi connectivity index (χ1v) is 7.10. The predicted octanol–water partition coefficient (Wildman–Crippen LogP) is 2.77. The number of rotatable bonds is 2. The summed E-state index contributed by atoms with van der Waals surface area (Å²) in [6.45, 7) is 2.18. The third-order valence-electron chi connectivity index (χ3n) is 4.26. The number of hydrogen-bond acceptors (Lipinski definition) is 3. The zero-order valence-corrected chi connectivity index (χ0v) is 10.9. The van der Waals surface area contributed by atoms with E-state index in [2.05, 4.69) is 6.92 Å². The molecule has 0 aliphatic heterocycles. The Labute approximate surface area is 104 Å². The van der Waals surface area contributed by atoms with Crippen LogP contribution >= 0.6 is 0 Å². The average Bonchev–Trinajstić information content (AvgIpc) is 2.30. The van der Waals surface area contributed by atoms with Crippen LogP contribution in [0.25, 0.3) is 0 Å². The smallest absolute Gasteiger partial charge is 0.326 e. The molecule has 0 radical (unpaired) electrons. The highest BCUT2D eigenvalue weighted by molar-refractivity contribution is 5.80. The standard InChI is InChI=1S/C14H25NO2/c1-11-6-5-9-14(15,10-11)13(16)17-12-7-3-2-4-8-12/h11-12H,2-10,15H2,1H3. The lowest BCUT2D eigenvalue weighted by Gasteiger charge is -2.36. The van der Waals surface area contributed by atoms with Crippen molar-refractivity contribution in [2.45, 2.75) is 76.4 Å². The fraction of sp³-hybridized carbons (Fsp3) is 0.929. The van der Waals surface area contributed by atoms with Crippen LogP contribution in [0.15, 0.2) is 0 Å². The van der Waals surface area contributed by atoms with Crippen LogP contribution in [0, 0.1) is 5.92 Å². The normalized spacial score (nSPS) is 35.5. The molecule has 0 aromatic rings. The molecule has 2 rings (SSSR count). The Morgan fingerprint density at radius 2 is 1.88 bits per heavy atom. The summed E-state index contributed by atoms with van der Waals surface area (Å²) < 4.78 is 5.62. The lowest BCUT2D eigenvalue weighted by Crippen LogP contribution is -2.52. The van der Waals surface area contributed by atoms with Gasteiger partial charge in [0, 0.05) is 0 Å². The summed E-state index contributed by atoms with van der Waals surface area (Å²) in [5, 5.41) is 0. The van der Waals surface area contributed by atoms with E-state index >= 15 is 0 Å². The summed E-state index contributed by atoms with van der Waals surface area (Å²) in [5.41, 5.74) is 5.54. The number of carbonyl (C=O) groups excluding carboxylic acids is 1. The van der Waals surface area contributed by atoms with E-state index in [9.17, 15) is 4.79 Å². The van der Waals surface area contributed by atoms with Gasteiger partial charge in [-0.05, 0) is 44.4 Å². The van der Waals surface area contributed by atoms with Crippen molar-refractivity contribution < 1.29 is 9.53 Å². The van der Waals surface area contributed by atoms with Crippen LogP contribution in [0.5, 0.6) is 0 Å². The van der Waals surface area contributed by atoms with Crippen LogP contribution in [0.4, 0.5) is 0 Å². The second kappa shape index (κ2) is 5.38. The molecule has 98 valence electrons. The Morgan fingerprint density at radius 3 is 2.53 bits per heavy atom. The first-order valence-electron chi connectivity index (χ1n) is 7.10. The Kier molecular flexibility index (Phi) is 4.08. The number of carbonyl (C=O) groups is 1. The van der Waals surface area contributed by atoms with Gasteiger partial charge in [0.1, 0.15) is 11.6 Å². The third-order valence-corrected chi connectivity index (χ3v) is 4.26. The van der Waals surface area contributed by atoms with Crippen molar-refractivity contribution in [2.75, 3.05) is 0 Å². The van der Waals surface area contributed by atoms with Crippen molar-refractivity contribution in [3.63, 3.8) is 0 Å². The van der Waals surface area contributed by atoms with Crippen LogP contribution < -0.4 is 5.73 Å². The SMILES string of the molecule is CC1CCCC(N)(C(=O)OC2CCCCC2)C1. The maximum Gasteiger partial charge on any atom is 0.326 e. The van der Waals surface area contributed by atoms with Crippen LogP contribution in [0.1, 0.15) is 64.7 Å². The number of esters is 1. The molecule has 0 aromatic carbocycles. The zero-order chi connectivity index (χ0) is 12.3. The summed E-state index contributed by atoms with van der Waals surface area (Å²) in [7, 11) is 0. The predicted molar refractivity (Wildman–Crippen MR) is 67.5 cm³/mol. The number of hydrogen-bond donors (Lipinski definition) is 1. The molecule has 0 aromatic heterocycles. The molecule has 2 unspecified atom stereocenters. The Morgan fingerprint density at radius 1 is 1.18 bits per heavy atom. The minimum absolute atomic E-state index is 0.133. The summed E-state index contributed by atoms with van der Waals surface area (Å²) in [6, 6.07) is 0. The maximum absolute atomic E-state index is 12.2. The second-order valence-electron chi connectivity index (χ2n) is 6.02. The van der Waals surface area contributed by atoms with Gasteiger partial charge in [-0.2, -0.15) is 0 Å². The summed E-state index contributed by atoms with van der Waals surface area (Å²) in [5.74, 6) is 0.406. The molecule has 2 aliphatic carbocycles. The minimum Gasteiger partial charge on any atom is -0.461 e. The van der Waals surface area contributed by atoms with Crippen LogP contribution in [-0.4, -0.2) is 17.6 Å². The molecule has 3 nitrogen and oxygen atoms in total. The minimum atomic E-state index is -0.699. The molecular weight excluding hydrogens is 214 g/mol. The monoisotopic (exact) mass is 239 g/mol. The van der Waals surface area contributed by atoms with Gasteiger partial charge < -0.3 is 10.5 Å². The Hall–Kier alpha value is -0.570. The first-order chi connectivity index (χ1) is 8.10. The lowest BCUT2D eigenvalue weighted by atomic mass is 9.77. The molecule has 2 atom stereocenters. The van der Waals surface area contributed by atoms with Crippen molar-refractivity contribution in [3.8, 4) is 0 Å². The van der Waals surface area contributed by atoms with Gasteiger partial charge in [-0.15, -0.1) is 0 Å². The fourth-order valence-corrected chi connectivity index (χ4v) is 3.23. The van der Waals surface area contributed by atoms with E-state index in [1.807, 2.05) is 0 Å². The molecule has 17 heavy (non-hydrogen) atoms. The molecule has 3 heteroatoms. The molecule has 0 saturated heterocycles. The van der Waals surface area contributed by atoms with E-state index in [-0.39, 0.29) is 12.1 Å². The number of ether oxygens (including phenoxy) is 1. The largest absolute Gasteiger partial charge is 0.461 e. The molecule has 0 amide bonds. The highest BCUT2D eigenvalue weighted by Gasteiger charge is 2.40. The van der Waals surface area contributed by atoms with Crippen LogP contribution in [0.2, 0.25) is 0 Å². The topological polar surface area (TPSA) is 52.3 Å². The summed E-state index contributed by atoms with van der Waals surface area (Å²) >= 11 is 0. The van der Waals surface area contributed by atoms with Gasteiger partial charge in [-0.25, -0.2) is 0 Å². The molecule has 2 N–H and O–H groups in total. The quantitative estimate of drug-likeness (QED) is 0.754.